The van der Waals surface area contributed by atoms with Gasteiger partial charge in [0.25, 0.3) is 5.69 Å². The number of rotatable bonds is 8. The standard InChI is InChI=1S/C22H27N3O6S/c1-15(17-9-8-16-6-4-5-7-18(16)12-17)23-22(26)14-24(32(3,29)30)20-13-19(25(27)28)10-11-21(20)31-2/h8-13,15H,4-7,14H2,1-3H3,(H,23,26)/t15-/m1/s1. The van der Waals surface area contributed by atoms with E-state index in [0.29, 0.717) is 0 Å². The van der Waals surface area contributed by atoms with Gasteiger partial charge in [0.2, 0.25) is 15.9 Å². The maximum Gasteiger partial charge on any atom is 0.271 e. The molecule has 3 rings (SSSR count). The normalized spacial score (nSPS) is 14.2. The third-order valence-electron chi connectivity index (χ3n) is 5.58. The summed E-state index contributed by atoms with van der Waals surface area (Å²) in [6, 6.07) is 9.43. The highest BCUT2D eigenvalue weighted by atomic mass is 32.2. The number of amides is 1. The molecule has 172 valence electrons. The molecule has 0 aromatic heterocycles. The molecule has 2 aromatic rings. The highest BCUT2D eigenvalue weighted by Crippen LogP contribution is 2.33. The van der Waals surface area contributed by atoms with Crippen molar-refractivity contribution in [2.24, 2.45) is 0 Å². The van der Waals surface area contributed by atoms with Crippen LogP contribution in [0.5, 0.6) is 5.75 Å². The van der Waals surface area contributed by atoms with E-state index in [1.165, 1.54) is 36.8 Å². The number of anilines is 1. The average Bonchev–Trinajstić information content (AvgIpc) is 2.75. The summed E-state index contributed by atoms with van der Waals surface area (Å²) in [4.78, 5) is 23.3. The van der Waals surface area contributed by atoms with E-state index in [9.17, 15) is 23.3 Å². The Morgan fingerprint density at radius 3 is 2.50 bits per heavy atom. The highest BCUT2D eigenvalue weighted by molar-refractivity contribution is 7.92. The van der Waals surface area contributed by atoms with Gasteiger partial charge in [0.1, 0.15) is 18.0 Å². The monoisotopic (exact) mass is 461 g/mol. The fraction of sp³-hybridized carbons (Fsp3) is 0.409. The number of methoxy groups -OCH3 is 1. The number of sulfonamides is 1. The van der Waals surface area contributed by atoms with Crippen molar-refractivity contribution < 1.29 is 22.9 Å². The van der Waals surface area contributed by atoms with Crippen LogP contribution >= 0.6 is 0 Å². The molecule has 0 saturated heterocycles. The number of fused-ring (bicyclic) bond motifs is 1. The van der Waals surface area contributed by atoms with Gasteiger partial charge in [-0.1, -0.05) is 18.2 Å². The van der Waals surface area contributed by atoms with E-state index in [1.807, 2.05) is 13.0 Å². The smallest absolute Gasteiger partial charge is 0.271 e. The van der Waals surface area contributed by atoms with Crippen molar-refractivity contribution in [3.05, 3.63) is 63.2 Å². The third-order valence-corrected chi connectivity index (χ3v) is 6.71. The lowest BCUT2D eigenvalue weighted by Crippen LogP contribution is -2.41. The average molecular weight is 462 g/mol. The Bertz CT molecular complexity index is 1130. The number of aryl methyl sites for hydroxylation is 2. The minimum Gasteiger partial charge on any atom is -0.495 e. The van der Waals surface area contributed by atoms with Crippen molar-refractivity contribution in [2.45, 2.75) is 38.6 Å². The third kappa shape index (κ3) is 5.37. The minimum atomic E-state index is -3.93. The van der Waals surface area contributed by atoms with Gasteiger partial charge in [-0.05, 0) is 55.4 Å². The lowest BCUT2D eigenvalue weighted by atomic mass is 9.89. The van der Waals surface area contributed by atoms with Crippen molar-refractivity contribution in [1.82, 2.24) is 5.32 Å². The zero-order valence-electron chi connectivity index (χ0n) is 18.3. The molecule has 2 aromatic carbocycles. The van der Waals surface area contributed by atoms with Gasteiger partial charge in [0, 0.05) is 12.1 Å². The molecule has 0 saturated carbocycles. The lowest BCUT2D eigenvalue weighted by Gasteiger charge is -2.25. The second kappa shape index (κ2) is 9.56. The van der Waals surface area contributed by atoms with Gasteiger partial charge >= 0.3 is 0 Å². The molecule has 0 spiro atoms. The largest absolute Gasteiger partial charge is 0.495 e. The summed E-state index contributed by atoms with van der Waals surface area (Å²) in [5.74, 6) is -0.425. The Labute approximate surface area is 187 Å². The van der Waals surface area contributed by atoms with E-state index in [1.54, 1.807) is 0 Å². The summed E-state index contributed by atoms with van der Waals surface area (Å²) in [6.45, 7) is 1.30. The second-order valence-electron chi connectivity index (χ2n) is 7.91. The molecule has 1 atom stereocenters. The molecular weight excluding hydrogens is 434 g/mol. The molecule has 1 N–H and O–H groups in total. The van der Waals surface area contributed by atoms with Crippen LogP contribution in [0.1, 0.15) is 42.5 Å². The van der Waals surface area contributed by atoms with Crippen LogP contribution in [0.15, 0.2) is 36.4 Å². The van der Waals surface area contributed by atoms with Crippen LogP contribution in [0.3, 0.4) is 0 Å². The van der Waals surface area contributed by atoms with Crippen LogP contribution in [0.4, 0.5) is 11.4 Å². The van der Waals surface area contributed by atoms with Gasteiger partial charge in [-0.3, -0.25) is 19.2 Å². The zero-order valence-corrected chi connectivity index (χ0v) is 19.1. The summed E-state index contributed by atoms with van der Waals surface area (Å²) in [5, 5.41) is 14.0. The van der Waals surface area contributed by atoms with Gasteiger partial charge in [0.05, 0.1) is 24.3 Å². The molecule has 0 bridgehead atoms. The SMILES string of the molecule is COc1ccc([N+](=O)[O-])cc1N(CC(=O)N[C@H](C)c1ccc2c(c1)CCCC2)S(C)(=O)=O. The molecule has 1 aliphatic carbocycles. The van der Waals surface area contributed by atoms with Crippen LogP contribution < -0.4 is 14.4 Å². The maximum atomic E-state index is 12.8. The van der Waals surface area contributed by atoms with Gasteiger partial charge in [0.15, 0.2) is 0 Å². The lowest BCUT2D eigenvalue weighted by molar-refractivity contribution is -0.384. The van der Waals surface area contributed by atoms with Gasteiger partial charge < -0.3 is 10.1 Å². The Morgan fingerprint density at radius 1 is 1.19 bits per heavy atom. The fourth-order valence-electron chi connectivity index (χ4n) is 3.89. The summed E-state index contributed by atoms with van der Waals surface area (Å²) < 4.78 is 30.9. The topological polar surface area (TPSA) is 119 Å². The van der Waals surface area contributed by atoms with Crippen molar-refractivity contribution in [2.75, 3.05) is 24.2 Å². The molecule has 0 unspecified atom stereocenters. The number of hydrogen-bond acceptors (Lipinski definition) is 6. The predicted octanol–water partition coefficient (Wildman–Crippen LogP) is 3.13. The van der Waals surface area contributed by atoms with Crippen LogP contribution in [0.25, 0.3) is 0 Å². The first-order chi connectivity index (χ1) is 15.1. The number of benzene rings is 2. The second-order valence-corrected chi connectivity index (χ2v) is 9.81. The zero-order chi connectivity index (χ0) is 23.5. The molecule has 1 amide bonds. The molecular formula is C22H27N3O6S. The van der Waals surface area contributed by atoms with Crippen LogP contribution in [0.2, 0.25) is 0 Å². The number of nitrogens with zero attached hydrogens (tertiary/aromatic N) is 2. The van der Waals surface area contributed by atoms with E-state index >= 15 is 0 Å². The van der Waals surface area contributed by atoms with E-state index in [0.717, 1.165) is 41.5 Å². The van der Waals surface area contributed by atoms with E-state index in [4.69, 9.17) is 4.74 Å². The Kier molecular flexibility index (Phi) is 7.02. The van der Waals surface area contributed by atoms with E-state index in [2.05, 4.69) is 17.4 Å². The van der Waals surface area contributed by atoms with Crippen molar-refractivity contribution in [1.29, 1.82) is 0 Å². The quantitative estimate of drug-likeness (QED) is 0.477. The van der Waals surface area contributed by atoms with Crippen LogP contribution in [0, 0.1) is 10.1 Å². The first kappa shape index (κ1) is 23.5. The number of non-ortho nitro benzene ring substituents is 1. The molecule has 0 aliphatic heterocycles. The molecule has 0 fully saturated rings. The van der Waals surface area contributed by atoms with Crippen LogP contribution in [-0.2, 0) is 27.7 Å². The molecule has 32 heavy (non-hydrogen) atoms. The number of nitro benzene ring substituents is 1. The summed E-state index contributed by atoms with van der Waals surface area (Å²) in [7, 11) is -2.61. The fourth-order valence-corrected chi connectivity index (χ4v) is 4.74. The van der Waals surface area contributed by atoms with Gasteiger partial charge in [-0.15, -0.1) is 0 Å². The highest BCUT2D eigenvalue weighted by Gasteiger charge is 2.27. The number of hydrogen-bond donors (Lipinski definition) is 1. The number of carbonyl (C=O) groups excluding carboxylic acids is 1. The summed E-state index contributed by atoms with van der Waals surface area (Å²) in [6.07, 6.45) is 5.33. The van der Waals surface area contributed by atoms with Gasteiger partial charge in [-0.25, -0.2) is 8.42 Å². The van der Waals surface area contributed by atoms with Gasteiger partial charge in [-0.2, -0.15) is 0 Å². The molecule has 9 nitrogen and oxygen atoms in total. The Hall–Kier alpha value is -3.14. The van der Waals surface area contributed by atoms with E-state index in [-0.39, 0.29) is 23.2 Å². The van der Waals surface area contributed by atoms with Crippen molar-refractivity contribution in [3.8, 4) is 5.75 Å². The maximum absolute atomic E-state index is 12.8. The number of nitrogens with one attached hydrogen (secondary N) is 1. The predicted molar refractivity (Wildman–Crippen MR) is 121 cm³/mol. The van der Waals surface area contributed by atoms with Crippen LogP contribution in [-0.4, -0.2) is 39.2 Å². The molecule has 1 aliphatic rings. The Balaban J connectivity index is 1.82. The van der Waals surface area contributed by atoms with Crippen molar-refractivity contribution >= 4 is 27.3 Å². The molecule has 10 heteroatoms. The number of nitro groups is 1. The summed E-state index contributed by atoms with van der Waals surface area (Å²) >= 11 is 0. The Morgan fingerprint density at radius 2 is 1.88 bits per heavy atom. The number of ether oxygens (including phenoxy) is 1. The minimum absolute atomic E-state index is 0.0687. The first-order valence-electron chi connectivity index (χ1n) is 10.3. The van der Waals surface area contributed by atoms with E-state index < -0.39 is 27.4 Å². The number of carbonyl (C=O) groups is 1. The summed E-state index contributed by atoms with van der Waals surface area (Å²) in [5.41, 5.74) is 3.18. The molecule has 0 radical (unpaired) electrons. The van der Waals surface area contributed by atoms with Crippen molar-refractivity contribution in [3.63, 3.8) is 0 Å². The first-order valence-corrected chi connectivity index (χ1v) is 12.2. The molecule has 0 heterocycles.